The molecule has 1 N–H and O–H groups in total. The van der Waals surface area contributed by atoms with E-state index in [2.05, 4.69) is 5.32 Å². The van der Waals surface area contributed by atoms with Crippen LogP contribution < -0.4 is 10.2 Å². The minimum atomic E-state index is -0.488. The van der Waals surface area contributed by atoms with Gasteiger partial charge in [0.15, 0.2) is 5.11 Å². The van der Waals surface area contributed by atoms with E-state index in [1.165, 1.54) is 29.2 Å². The summed E-state index contributed by atoms with van der Waals surface area (Å²) in [6, 6.07) is 20.6. The second kappa shape index (κ2) is 9.13. The number of para-hydroxylation sites is 1. The zero-order valence-electron chi connectivity index (χ0n) is 17.2. The number of nitrogens with one attached hydrogen (secondary N) is 1. The van der Waals surface area contributed by atoms with Crippen molar-refractivity contribution in [1.82, 2.24) is 5.32 Å². The lowest BCUT2D eigenvalue weighted by Gasteiger charge is -2.26. The summed E-state index contributed by atoms with van der Waals surface area (Å²) in [4.78, 5) is 35.9. The maximum Gasteiger partial charge on any atom is 0.269 e. The summed E-state index contributed by atoms with van der Waals surface area (Å²) in [5.74, 6) is -0.655. The molecule has 0 radical (unpaired) electrons. The predicted molar refractivity (Wildman–Crippen MR) is 126 cm³/mol. The number of nitro groups is 2. The molecule has 0 bridgehead atoms. The average Bonchev–Trinajstić information content (AvgIpc) is 2.95. The molecule has 3 aromatic rings. The number of anilines is 1. The van der Waals surface area contributed by atoms with Crippen LogP contribution in [0.5, 0.6) is 0 Å². The minimum absolute atomic E-state index is 0.0520. The summed E-state index contributed by atoms with van der Waals surface area (Å²) in [6.45, 7) is 0. The molecule has 0 saturated carbocycles. The van der Waals surface area contributed by atoms with Gasteiger partial charge in [0, 0.05) is 36.6 Å². The highest BCUT2D eigenvalue weighted by molar-refractivity contribution is 7.80. The first-order chi connectivity index (χ1) is 15.8. The van der Waals surface area contributed by atoms with Gasteiger partial charge in [-0.25, -0.2) is 0 Å². The van der Waals surface area contributed by atoms with Crippen LogP contribution in [-0.4, -0.2) is 20.9 Å². The van der Waals surface area contributed by atoms with E-state index in [-0.39, 0.29) is 28.8 Å². The van der Waals surface area contributed by atoms with Crippen molar-refractivity contribution >= 4 is 40.3 Å². The topological polar surface area (TPSA) is 119 Å². The Bertz CT molecular complexity index is 1140. The molecule has 1 aliphatic heterocycles. The van der Waals surface area contributed by atoms with Crippen LogP contribution in [-0.2, 0) is 4.79 Å². The minimum Gasteiger partial charge on any atom is -0.354 e. The van der Waals surface area contributed by atoms with Gasteiger partial charge in [0.05, 0.1) is 21.6 Å². The van der Waals surface area contributed by atoms with Crippen LogP contribution in [0.1, 0.15) is 29.5 Å². The van der Waals surface area contributed by atoms with E-state index in [1.54, 1.807) is 48.5 Å². The molecule has 33 heavy (non-hydrogen) atoms. The van der Waals surface area contributed by atoms with Crippen molar-refractivity contribution in [3.8, 4) is 0 Å². The van der Waals surface area contributed by atoms with Gasteiger partial charge in [0.25, 0.3) is 11.4 Å². The molecule has 0 unspecified atom stereocenters. The number of amides is 1. The third-order valence-electron chi connectivity index (χ3n) is 5.54. The lowest BCUT2D eigenvalue weighted by Crippen LogP contribution is -2.42. The van der Waals surface area contributed by atoms with Crippen LogP contribution in [0.15, 0.2) is 78.9 Å². The van der Waals surface area contributed by atoms with Gasteiger partial charge >= 0.3 is 0 Å². The Labute approximate surface area is 194 Å². The first kappa shape index (κ1) is 22.0. The highest BCUT2D eigenvalue weighted by atomic mass is 32.1. The van der Waals surface area contributed by atoms with E-state index in [1.807, 2.05) is 6.07 Å². The molecule has 1 heterocycles. The Kier molecular flexibility index (Phi) is 6.09. The van der Waals surface area contributed by atoms with Crippen LogP contribution in [0, 0.1) is 20.2 Å². The monoisotopic (exact) mass is 462 g/mol. The van der Waals surface area contributed by atoms with Crippen molar-refractivity contribution in [1.29, 1.82) is 0 Å². The largest absolute Gasteiger partial charge is 0.354 e. The summed E-state index contributed by atoms with van der Waals surface area (Å²) in [7, 11) is 0. The summed E-state index contributed by atoms with van der Waals surface area (Å²) >= 11 is 5.57. The van der Waals surface area contributed by atoms with Crippen LogP contribution in [0.2, 0.25) is 0 Å². The third-order valence-corrected chi connectivity index (χ3v) is 5.84. The van der Waals surface area contributed by atoms with Gasteiger partial charge in [0.2, 0.25) is 5.91 Å². The molecule has 166 valence electrons. The standard InChI is InChI=1S/C23H18N4O5S/c28-21-14-20(15-6-10-18(11-7-15)26(29)30)22(16-8-12-19(13-9-16)27(31)32)24-23(33)25(21)17-4-2-1-3-5-17/h1-13,20,22H,14H2,(H,24,33)/t20-,22-/m1/s1. The SMILES string of the molecule is O=C1C[C@H](c2ccc([N+](=O)[O-])cc2)[C@@H](c2ccc([N+](=O)[O-])cc2)NC(=S)N1c1ccccc1. The molecule has 2 atom stereocenters. The lowest BCUT2D eigenvalue weighted by atomic mass is 9.84. The number of non-ortho nitro benzene ring substituents is 2. The predicted octanol–water partition coefficient (Wildman–Crippen LogP) is 4.64. The van der Waals surface area contributed by atoms with Crippen molar-refractivity contribution in [2.45, 2.75) is 18.4 Å². The number of hydrogen-bond donors (Lipinski definition) is 1. The molecular weight excluding hydrogens is 444 g/mol. The van der Waals surface area contributed by atoms with Gasteiger partial charge in [0.1, 0.15) is 0 Å². The zero-order chi connectivity index (χ0) is 23.5. The normalized spacial score (nSPS) is 18.4. The van der Waals surface area contributed by atoms with Gasteiger partial charge in [-0.05, 0) is 35.5 Å². The van der Waals surface area contributed by atoms with Crippen LogP contribution in [0.25, 0.3) is 0 Å². The molecule has 0 spiro atoms. The molecule has 1 amide bonds. The number of carbonyl (C=O) groups excluding carboxylic acids is 1. The van der Waals surface area contributed by atoms with E-state index in [0.29, 0.717) is 16.8 Å². The molecule has 3 aromatic carbocycles. The number of nitrogens with zero attached hydrogens (tertiary/aromatic N) is 3. The first-order valence-electron chi connectivity index (χ1n) is 10.0. The van der Waals surface area contributed by atoms with Crippen molar-refractivity contribution in [2.75, 3.05) is 4.90 Å². The quantitative estimate of drug-likeness (QED) is 0.333. The van der Waals surface area contributed by atoms with Crippen LogP contribution >= 0.6 is 12.2 Å². The van der Waals surface area contributed by atoms with E-state index in [4.69, 9.17) is 12.2 Å². The van der Waals surface area contributed by atoms with Gasteiger partial charge < -0.3 is 5.32 Å². The Morgan fingerprint density at radius 2 is 1.33 bits per heavy atom. The number of nitro benzene ring substituents is 2. The van der Waals surface area contributed by atoms with Gasteiger partial charge in [-0.1, -0.05) is 42.5 Å². The van der Waals surface area contributed by atoms with E-state index >= 15 is 0 Å². The number of rotatable bonds is 5. The fourth-order valence-electron chi connectivity index (χ4n) is 3.92. The Hall–Kier alpha value is -4.18. The van der Waals surface area contributed by atoms with E-state index < -0.39 is 21.8 Å². The number of carbonyl (C=O) groups is 1. The zero-order valence-corrected chi connectivity index (χ0v) is 18.0. The van der Waals surface area contributed by atoms with Crippen molar-refractivity contribution in [3.63, 3.8) is 0 Å². The fraction of sp³-hybridized carbons (Fsp3) is 0.130. The van der Waals surface area contributed by atoms with Crippen LogP contribution in [0.3, 0.4) is 0 Å². The second-order valence-electron chi connectivity index (χ2n) is 7.50. The summed E-state index contributed by atoms with van der Waals surface area (Å²) in [5.41, 5.74) is 1.92. The van der Waals surface area contributed by atoms with Crippen molar-refractivity contribution < 1.29 is 14.6 Å². The Morgan fingerprint density at radius 1 is 0.818 bits per heavy atom. The van der Waals surface area contributed by atoms with Gasteiger partial charge in [-0.2, -0.15) is 0 Å². The maximum absolute atomic E-state index is 13.3. The Morgan fingerprint density at radius 3 is 1.85 bits per heavy atom. The highest BCUT2D eigenvalue weighted by Crippen LogP contribution is 2.38. The highest BCUT2D eigenvalue weighted by Gasteiger charge is 2.36. The smallest absolute Gasteiger partial charge is 0.269 e. The molecule has 10 heteroatoms. The summed E-state index contributed by atoms with van der Waals surface area (Å²) in [6.07, 6.45) is 0.0709. The van der Waals surface area contributed by atoms with Gasteiger partial charge in [-0.3, -0.25) is 29.9 Å². The molecule has 1 saturated heterocycles. The van der Waals surface area contributed by atoms with Gasteiger partial charge in [-0.15, -0.1) is 0 Å². The molecular formula is C23H18N4O5S. The van der Waals surface area contributed by atoms with Crippen molar-refractivity contribution in [3.05, 3.63) is 110 Å². The number of benzene rings is 3. The number of hydrogen-bond acceptors (Lipinski definition) is 6. The first-order valence-corrected chi connectivity index (χ1v) is 10.4. The lowest BCUT2D eigenvalue weighted by molar-refractivity contribution is -0.385. The van der Waals surface area contributed by atoms with Crippen LogP contribution in [0.4, 0.5) is 17.1 Å². The molecule has 0 aromatic heterocycles. The van der Waals surface area contributed by atoms with E-state index in [0.717, 1.165) is 0 Å². The summed E-state index contributed by atoms with van der Waals surface area (Å²) < 4.78 is 0. The number of thiocarbonyl (C=S) groups is 1. The Balaban J connectivity index is 1.77. The molecule has 4 rings (SSSR count). The summed E-state index contributed by atoms with van der Waals surface area (Å²) in [5, 5.41) is 25.6. The molecule has 9 nitrogen and oxygen atoms in total. The van der Waals surface area contributed by atoms with Crippen molar-refractivity contribution in [2.24, 2.45) is 0 Å². The maximum atomic E-state index is 13.3. The molecule has 0 aliphatic carbocycles. The molecule has 1 fully saturated rings. The van der Waals surface area contributed by atoms with E-state index in [9.17, 15) is 25.0 Å². The second-order valence-corrected chi connectivity index (χ2v) is 7.89. The fourth-order valence-corrected chi connectivity index (χ4v) is 4.25. The average molecular weight is 462 g/mol. The molecule has 1 aliphatic rings. The third kappa shape index (κ3) is 4.55.